The monoisotopic (exact) mass is 355 g/mol. The van der Waals surface area contributed by atoms with Crippen molar-refractivity contribution >= 4 is 17.5 Å². The van der Waals surface area contributed by atoms with E-state index >= 15 is 0 Å². The Kier molecular flexibility index (Phi) is 7.17. The minimum absolute atomic E-state index is 0.0626. The molecule has 0 aliphatic carbocycles. The summed E-state index contributed by atoms with van der Waals surface area (Å²) in [6, 6.07) is 15.9. The molecule has 0 saturated carbocycles. The number of nitrogens with zero attached hydrogens (tertiary/aromatic N) is 1. The highest BCUT2D eigenvalue weighted by Crippen LogP contribution is 2.25. The predicted octanol–water partition coefficient (Wildman–Crippen LogP) is 2.44. The van der Waals surface area contributed by atoms with Gasteiger partial charge in [0.25, 0.3) is 0 Å². The minimum Gasteiger partial charge on any atom is -0.492 e. The molecule has 0 heterocycles. The van der Waals surface area contributed by atoms with Crippen molar-refractivity contribution < 1.29 is 14.3 Å². The lowest BCUT2D eigenvalue weighted by atomic mass is 10.1. The molecule has 0 aliphatic rings. The lowest BCUT2D eigenvalue weighted by Gasteiger charge is -2.21. The molecule has 2 aromatic rings. The predicted molar refractivity (Wildman–Crippen MR) is 102 cm³/mol. The van der Waals surface area contributed by atoms with Gasteiger partial charge in [-0.25, -0.2) is 0 Å². The van der Waals surface area contributed by atoms with Gasteiger partial charge in [-0.3, -0.25) is 14.9 Å². The van der Waals surface area contributed by atoms with E-state index in [4.69, 9.17) is 4.74 Å². The van der Waals surface area contributed by atoms with Crippen LogP contribution >= 0.6 is 0 Å². The van der Waals surface area contributed by atoms with Crippen LogP contribution in [0, 0.1) is 0 Å². The fraction of sp³-hybridized carbons (Fsp3) is 0.300. The zero-order valence-electron chi connectivity index (χ0n) is 15.4. The van der Waals surface area contributed by atoms with Gasteiger partial charge >= 0.3 is 0 Å². The summed E-state index contributed by atoms with van der Waals surface area (Å²) in [5.41, 5.74) is 1.38. The molecule has 0 saturated heterocycles. The molecule has 6 nitrogen and oxygen atoms in total. The number of benzene rings is 2. The summed E-state index contributed by atoms with van der Waals surface area (Å²) in [5.74, 6) is 0.253. The maximum Gasteiger partial charge on any atom is 0.246 e. The Labute approximate surface area is 154 Å². The highest BCUT2D eigenvalue weighted by molar-refractivity contribution is 5.97. The SMILES string of the molecule is CCOc1ccccc1NC(=O)C(NCC(=O)N(C)C)c1ccccc1. The molecule has 2 aromatic carbocycles. The molecule has 2 N–H and O–H groups in total. The zero-order valence-corrected chi connectivity index (χ0v) is 15.4. The molecule has 26 heavy (non-hydrogen) atoms. The molecule has 1 atom stereocenters. The van der Waals surface area contributed by atoms with Crippen LogP contribution in [0.4, 0.5) is 5.69 Å². The van der Waals surface area contributed by atoms with E-state index in [1.807, 2.05) is 49.4 Å². The number of amides is 2. The first-order valence-corrected chi connectivity index (χ1v) is 8.54. The van der Waals surface area contributed by atoms with Crippen molar-refractivity contribution in [1.82, 2.24) is 10.2 Å². The molecule has 0 spiro atoms. The topological polar surface area (TPSA) is 70.7 Å². The van der Waals surface area contributed by atoms with Crippen molar-refractivity contribution in [1.29, 1.82) is 0 Å². The number of ether oxygens (including phenoxy) is 1. The molecule has 2 rings (SSSR count). The van der Waals surface area contributed by atoms with Crippen LogP contribution in [-0.4, -0.2) is 44.0 Å². The first-order valence-electron chi connectivity index (χ1n) is 8.54. The van der Waals surface area contributed by atoms with Crippen LogP contribution in [0.3, 0.4) is 0 Å². The summed E-state index contributed by atoms with van der Waals surface area (Å²) in [4.78, 5) is 26.3. The molecular formula is C20H25N3O3. The van der Waals surface area contributed by atoms with Crippen LogP contribution in [0.2, 0.25) is 0 Å². The second kappa shape index (κ2) is 9.58. The molecular weight excluding hydrogens is 330 g/mol. The van der Waals surface area contributed by atoms with Gasteiger partial charge in [0.15, 0.2) is 0 Å². The average molecular weight is 355 g/mol. The lowest BCUT2D eigenvalue weighted by molar-refractivity contribution is -0.128. The molecule has 1 unspecified atom stereocenters. The molecule has 0 aliphatic heterocycles. The van der Waals surface area contributed by atoms with E-state index in [2.05, 4.69) is 10.6 Å². The number of carbonyl (C=O) groups is 2. The summed E-state index contributed by atoms with van der Waals surface area (Å²) in [6.45, 7) is 2.46. The number of hydrogen-bond acceptors (Lipinski definition) is 4. The molecule has 0 bridgehead atoms. The number of para-hydroxylation sites is 2. The number of rotatable bonds is 8. The van der Waals surface area contributed by atoms with Crippen LogP contribution in [0.25, 0.3) is 0 Å². The third-order valence-electron chi connectivity index (χ3n) is 3.80. The van der Waals surface area contributed by atoms with Gasteiger partial charge in [-0.2, -0.15) is 0 Å². The third-order valence-corrected chi connectivity index (χ3v) is 3.80. The zero-order chi connectivity index (χ0) is 18.9. The van der Waals surface area contributed by atoms with Gasteiger partial charge in [0.1, 0.15) is 11.8 Å². The number of likely N-dealkylation sites (N-methyl/N-ethyl adjacent to an activating group) is 1. The van der Waals surface area contributed by atoms with Gasteiger partial charge in [-0.15, -0.1) is 0 Å². The molecule has 138 valence electrons. The minimum atomic E-state index is -0.658. The second-order valence-electron chi connectivity index (χ2n) is 5.93. The maximum atomic E-state index is 12.9. The second-order valence-corrected chi connectivity index (χ2v) is 5.93. The van der Waals surface area contributed by atoms with Gasteiger partial charge in [0.2, 0.25) is 11.8 Å². The molecule has 0 aromatic heterocycles. The summed E-state index contributed by atoms with van der Waals surface area (Å²) < 4.78 is 5.56. The van der Waals surface area contributed by atoms with Crippen molar-refractivity contribution in [2.24, 2.45) is 0 Å². The van der Waals surface area contributed by atoms with Gasteiger partial charge in [0.05, 0.1) is 18.8 Å². The normalized spacial score (nSPS) is 11.5. The Morgan fingerprint density at radius 3 is 2.35 bits per heavy atom. The van der Waals surface area contributed by atoms with E-state index in [-0.39, 0.29) is 18.4 Å². The van der Waals surface area contributed by atoms with E-state index in [1.165, 1.54) is 4.90 Å². The van der Waals surface area contributed by atoms with Gasteiger partial charge < -0.3 is 15.0 Å². The molecule has 0 fully saturated rings. The third kappa shape index (κ3) is 5.32. The van der Waals surface area contributed by atoms with E-state index < -0.39 is 6.04 Å². The summed E-state index contributed by atoms with van der Waals surface area (Å²) in [7, 11) is 3.36. The Morgan fingerprint density at radius 1 is 1.04 bits per heavy atom. The van der Waals surface area contributed by atoms with Gasteiger partial charge in [-0.05, 0) is 24.6 Å². The largest absolute Gasteiger partial charge is 0.492 e. The molecule has 2 amide bonds. The highest BCUT2D eigenvalue weighted by atomic mass is 16.5. The molecule has 6 heteroatoms. The number of nitrogens with one attached hydrogen (secondary N) is 2. The average Bonchev–Trinajstić information content (AvgIpc) is 2.64. The van der Waals surface area contributed by atoms with Gasteiger partial charge in [-0.1, -0.05) is 42.5 Å². The van der Waals surface area contributed by atoms with E-state index in [9.17, 15) is 9.59 Å². The van der Waals surface area contributed by atoms with Crippen LogP contribution in [0.1, 0.15) is 18.5 Å². The van der Waals surface area contributed by atoms with Crippen molar-refractivity contribution in [3.63, 3.8) is 0 Å². The van der Waals surface area contributed by atoms with Crippen LogP contribution in [0.5, 0.6) is 5.75 Å². The Bertz CT molecular complexity index is 732. The van der Waals surface area contributed by atoms with Crippen LogP contribution < -0.4 is 15.4 Å². The smallest absolute Gasteiger partial charge is 0.246 e. The number of hydrogen-bond donors (Lipinski definition) is 2. The summed E-state index contributed by atoms with van der Waals surface area (Å²) >= 11 is 0. The lowest BCUT2D eigenvalue weighted by Crippen LogP contribution is -2.39. The first kappa shape index (κ1) is 19.5. The van der Waals surface area contributed by atoms with Crippen molar-refractivity contribution in [2.45, 2.75) is 13.0 Å². The van der Waals surface area contributed by atoms with Crippen molar-refractivity contribution in [3.8, 4) is 5.75 Å². The van der Waals surface area contributed by atoms with Crippen LogP contribution in [0.15, 0.2) is 54.6 Å². The maximum absolute atomic E-state index is 12.9. The van der Waals surface area contributed by atoms with E-state index in [0.717, 1.165) is 5.56 Å². The number of carbonyl (C=O) groups excluding carboxylic acids is 2. The fourth-order valence-corrected chi connectivity index (χ4v) is 2.41. The Balaban J connectivity index is 2.19. The van der Waals surface area contributed by atoms with Gasteiger partial charge in [0, 0.05) is 14.1 Å². The number of anilines is 1. The van der Waals surface area contributed by atoms with E-state index in [0.29, 0.717) is 18.0 Å². The summed E-state index contributed by atoms with van der Waals surface area (Å²) in [5, 5.41) is 5.94. The standard InChI is InChI=1S/C20H25N3O3/c1-4-26-17-13-9-8-12-16(17)22-20(25)19(15-10-6-5-7-11-15)21-14-18(24)23(2)3/h5-13,19,21H,4,14H2,1-3H3,(H,22,25). The van der Waals surface area contributed by atoms with Crippen molar-refractivity contribution in [2.75, 3.05) is 32.6 Å². The quantitative estimate of drug-likeness (QED) is 0.763. The van der Waals surface area contributed by atoms with E-state index in [1.54, 1.807) is 26.2 Å². The molecule has 0 radical (unpaired) electrons. The fourth-order valence-electron chi connectivity index (χ4n) is 2.41. The van der Waals surface area contributed by atoms with Crippen LogP contribution in [-0.2, 0) is 9.59 Å². The first-order chi connectivity index (χ1) is 12.5. The highest BCUT2D eigenvalue weighted by Gasteiger charge is 2.22. The summed E-state index contributed by atoms with van der Waals surface area (Å²) in [6.07, 6.45) is 0. The Hall–Kier alpha value is -2.86. The van der Waals surface area contributed by atoms with Crippen molar-refractivity contribution in [3.05, 3.63) is 60.2 Å². The Morgan fingerprint density at radius 2 is 1.69 bits per heavy atom.